The number of carbonyl (C=O) groups excluding carboxylic acids is 1. The van der Waals surface area contributed by atoms with Crippen LogP contribution in [-0.4, -0.2) is 63.4 Å². The molecule has 0 spiro atoms. The van der Waals surface area contributed by atoms with E-state index in [1.807, 2.05) is 28.9 Å². The maximum absolute atomic E-state index is 13.7. The van der Waals surface area contributed by atoms with Gasteiger partial charge < -0.3 is 14.7 Å². The van der Waals surface area contributed by atoms with Crippen LogP contribution in [0, 0.1) is 11.6 Å². The van der Waals surface area contributed by atoms with Gasteiger partial charge >= 0.3 is 0 Å². The molecule has 0 saturated carbocycles. The number of fused-ring (bicyclic) bond motifs is 1. The zero-order valence-electron chi connectivity index (χ0n) is 20.3. The maximum Gasteiger partial charge on any atom is 0.274 e. The molecule has 1 amide bonds. The third-order valence-electron chi connectivity index (χ3n) is 6.89. The third kappa shape index (κ3) is 5.27. The highest BCUT2D eigenvalue weighted by molar-refractivity contribution is 5.94. The van der Waals surface area contributed by atoms with E-state index in [1.54, 1.807) is 12.0 Å². The zero-order chi connectivity index (χ0) is 25.2. The summed E-state index contributed by atoms with van der Waals surface area (Å²) >= 11 is 0. The lowest BCUT2D eigenvalue weighted by atomic mass is 10.0. The van der Waals surface area contributed by atoms with Gasteiger partial charge in [0.25, 0.3) is 5.91 Å². The van der Waals surface area contributed by atoms with Crippen molar-refractivity contribution in [3.63, 3.8) is 0 Å². The van der Waals surface area contributed by atoms with Gasteiger partial charge in [-0.1, -0.05) is 12.1 Å². The van der Waals surface area contributed by atoms with Gasteiger partial charge in [-0.05, 0) is 48.2 Å². The number of ether oxygens (including phenoxy) is 1. The van der Waals surface area contributed by atoms with Gasteiger partial charge in [0.05, 0.1) is 19.8 Å². The van der Waals surface area contributed by atoms with Gasteiger partial charge in [-0.15, -0.1) is 0 Å². The molecule has 0 unspecified atom stereocenters. The minimum absolute atomic E-state index is 0.187. The molecule has 0 radical (unpaired) electrons. The van der Waals surface area contributed by atoms with Crippen molar-refractivity contribution in [3.05, 3.63) is 82.2 Å². The van der Waals surface area contributed by atoms with Gasteiger partial charge in [-0.3, -0.25) is 14.4 Å². The summed E-state index contributed by atoms with van der Waals surface area (Å²) in [5, 5.41) is 14.9. The second-order valence-corrected chi connectivity index (χ2v) is 9.57. The van der Waals surface area contributed by atoms with E-state index in [0.717, 1.165) is 35.1 Å². The van der Waals surface area contributed by atoms with Crippen LogP contribution in [0.4, 0.5) is 8.78 Å². The lowest BCUT2D eigenvalue weighted by Crippen LogP contribution is -2.43. The van der Waals surface area contributed by atoms with E-state index in [4.69, 9.17) is 9.84 Å². The number of halogens is 2. The molecule has 0 bridgehead atoms. The first-order valence-corrected chi connectivity index (χ1v) is 12.3. The number of amides is 1. The van der Waals surface area contributed by atoms with Crippen LogP contribution in [0.5, 0.6) is 5.75 Å². The van der Waals surface area contributed by atoms with Crippen molar-refractivity contribution in [2.45, 2.75) is 45.0 Å². The van der Waals surface area contributed by atoms with Crippen molar-refractivity contribution in [2.24, 2.45) is 0 Å². The van der Waals surface area contributed by atoms with Crippen molar-refractivity contribution in [1.29, 1.82) is 0 Å². The number of hydrogen-bond donors (Lipinski definition) is 1. The van der Waals surface area contributed by atoms with Crippen LogP contribution < -0.4 is 4.74 Å². The molecule has 3 heterocycles. The summed E-state index contributed by atoms with van der Waals surface area (Å²) in [5.74, 6) is -0.643. The highest BCUT2D eigenvalue weighted by atomic mass is 19.1. The lowest BCUT2D eigenvalue weighted by Gasteiger charge is -2.31. The summed E-state index contributed by atoms with van der Waals surface area (Å²) in [6, 6.07) is 11.3. The van der Waals surface area contributed by atoms with Gasteiger partial charge in [-0.25, -0.2) is 8.78 Å². The fraction of sp³-hybridized carbons (Fsp3) is 0.407. The summed E-state index contributed by atoms with van der Waals surface area (Å²) in [6.45, 7) is 2.85. The number of methoxy groups -OCH3 is 1. The number of piperidine rings is 1. The first-order valence-electron chi connectivity index (χ1n) is 12.3. The summed E-state index contributed by atoms with van der Waals surface area (Å²) in [7, 11) is 1.62. The van der Waals surface area contributed by atoms with Crippen molar-refractivity contribution in [2.75, 3.05) is 26.7 Å². The van der Waals surface area contributed by atoms with E-state index < -0.39 is 17.7 Å². The van der Waals surface area contributed by atoms with E-state index in [0.29, 0.717) is 63.4 Å². The Bertz CT molecular complexity index is 1240. The van der Waals surface area contributed by atoms with Crippen LogP contribution in [0.1, 0.15) is 45.7 Å². The van der Waals surface area contributed by atoms with Crippen LogP contribution in [-0.2, 0) is 26.1 Å². The number of nitrogens with zero attached hydrogens (tertiary/aromatic N) is 4. The largest absolute Gasteiger partial charge is 0.497 e. The number of benzene rings is 2. The standard InChI is InChI=1S/C27H30F2N4O3/c1-36-23-6-2-4-18(12-23)15-33-25-7-9-31(14-19-10-20(28)13-21(29)11-19)17-24(25)26(30-33)27(35)32-8-3-5-22(34)16-32/h2,4,6,10-13,22,34H,3,5,7-9,14-17H2,1H3/t22-/m0/s1. The van der Waals surface area contributed by atoms with E-state index in [1.165, 1.54) is 12.1 Å². The summed E-state index contributed by atoms with van der Waals surface area (Å²) < 4.78 is 34.7. The Morgan fingerprint density at radius 2 is 1.92 bits per heavy atom. The van der Waals surface area contributed by atoms with Crippen molar-refractivity contribution in [1.82, 2.24) is 19.6 Å². The maximum atomic E-state index is 13.7. The molecule has 5 rings (SSSR count). The van der Waals surface area contributed by atoms with Crippen LogP contribution in [0.15, 0.2) is 42.5 Å². The first kappa shape index (κ1) is 24.4. The average molecular weight is 497 g/mol. The molecular formula is C27H30F2N4O3. The molecule has 1 N–H and O–H groups in total. The fourth-order valence-corrected chi connectivity index (χ4v) is 5.18. The second kappa shape index (κ2) is 10.4. The summed E-state index contributed by atoms with van der Waals surface area (Å²) in [5.41, 5.74) is 3.76. The summed E-state index contributed by atoms with van der Waals surface area (Å²) in [4.78, 5) is 17.3. The number of β-amino-alcohol motifs (C(OH)–C–C–N with tert-alkyl or cyclic N) is 1. The zero-order valence-corrected chi connectivity index (χ0v) is 20.3. The predicted octanol–water partition coefficient (Wildman–Crippen LogP) is 3.37. The van der Waals surface area contributed by atoms with Gasteiger partial charge in [0, 0.05) is 56.5 Å². The van der Waals surface area contributed by atoms with Gasteiger partial charge in [0.1, 0.15) is 17.4 Å². The molecule has 0 aliphatic carbocycles. The minimum Gasteiger partial charge on any atom is -0.497 e. The number of aliphatic hydroxyl groups excluding tert-OH is 1. The molecule has 7 nitrogen and oxygen atoms in total. The Hall–Kier alpha value is -3.30. The normalized spacial score (nSPS) is 18.2. The van der Waals surface area contributed by atoms with Gasteiger partial charge in [-0.2, -0.15) is 5.10 Å². The van der Waals surface area contributed by atoms with Crippen molar-refractivity contribution >= 4 is 5.91 Å². The Balaban J connectivity index is 1.45. The Kier molecular flexibility index (Phi) is 7.02. The number of aliphatic hydroxyl groups is 1. The fourth-order valence-electron chi connectivity index (χ4n) is 5.18. The monoisotopic (exact) mass is 496 g/mol. The molecule has 1 saturated heterocycles. The van der Waals surface area contributed by atoms with Crippen molar-refractivity contribution in [3.8, 4) is 5.75 Å². The Morgan fingerprint density at radius 1 is 1.11 bits per heavy atom. The smallest absolute Gasteiger partial charge is 0.274 e. The van der Waals surface area contributed by atoms with Gasteiger partial charge in [0.15, 0.2) is 5.69 Å². The second-order valence-electron chi connectivity index (χ2n) is 9.57. The third-order valence-corrected chi connectivity index (χ3v) is 6.89. The van der Waals surface area contributed by atoms with Crippen molar-refractivity contribution < 1.29 is 23.4 Å². The predicted molar refractivity (Wildman–Crippen MR) is 130 cm³/mol. The van der Waals surface area contributed by atoms with Crippen LogP contribution >= 0.6 is 0 Å². The molecule has 2 aliphatic rings. The first-order chi connectivity index (χ1) is 17.4. The molecule has 190 valence electrons. The minimum atomic E-state index is -0.603. The summed E-state index contributed by atoms with van der Waals surface area (Å²) in [6.07, 6.45) is 1.55. The highest BCUT2D eigenvalue weighted by Gasteiger charge is 2.32. The Labute approximate surface area is 208 Å². The number of aromatic nitrogens is 2. The molecule has 36 heavy (non-hydrogen) atoms. The molecule has 2 aliphatic heterocycles. The van der Waals surface area contributed by atoms with E-state index >= 15 is 0 Å². The topological polar surface area (TPSA) is 70.8 Å². The molecule has 3 aromatic rings. The molecule has 1 atom stereocenters. The Morgan fingerprint density at radius 3 is 2.67 bits per heavy atom. The van der Waals surface area contributed by atoms with Gasteiger partial charge in [0.2, 0.25) is 0 Å². The average Bonchev–Trinajstić information content (AvgIpc) is 3.20. The molecular weight excluding hydrogens is 466 g/mol. The molecule has 1 fully saturated rings. The van der Waals surface area contributed by atoms with E-state index in [2.05, 4.69) is 4.90 Å². The quantitative estimate of drug-likeness (QED) is 0.567. The lowest BCUT2D eigenvalue weighted by molar-refractivity contribution is 0.0466. The molecule has 9 heteroatoms. The number of hydrogen-bond acceptors (Lipinski definition) is 5. The highest BCUT2D eigenvalue weighted by Crippen LogP contribution is 2.27. The SMILES string of the molecule is COc1cccc(Cn2nc(C(=O)N3CCC[C@H](O)C3)c3c2CCN(Cc2cc(F)cc(F)c2)C3)c1. The van der Waals surface area contributed by atoms with E-state index in [9.17, 15) is 18.7 Å². The van der Waals surface area contributed by atoms with Crippen LogP contribution in [0.2, 0.25) is 0 Å². The number of rotatable bonds is 6. The number of likely N-dealkylation sites (tertiary alicyclic amines) is 1. The van der Waals surface area contributed by atoms with Crippen LogP contribution in [0.3, 0.4) is 0 Å². The van der Waals surface area contributed by atoms with E-state index in [-0.39, 0.29) is 5.91 Å². The van der Waals surface area contributed by atoms with Crippen LogP contribution in [0.25, 0.3) is 0 Å². The number of carbonyl (C=O) groups is 1. The molecule has 1 aromatic heterocycles. The molecule has 2 aromatic carbocycles.